The van der Waals surface area contributed by atoms with Gasteiger partial charge in [-0.1, -0.05) is 13.0 Å². The summed E-state index contributed by atoms with van der Waals surface area (Å²) in [5.41, 5.74) is -0.0809. The van der Waals surface area contributed by atoms with Crippen LogP contribution in [0.4, 0.5) is 0 Å². The summed E-state index contributed by atoms with van der Waals surface area (Å²) < 4.78 is 26.0. The highest BCUT2D eigenvalue weighted by atomic mass is 32.2. The Labute approximate surface area is 107 Å². The van der Waals surface area contributed by atoms with E-state index in [1.165, 1.54) is 28.7 Å². The number of sulfonamides is 1. The first-order valence-corrected chi connectivity index (χ1v) is 6.98. The normalized spacial score (nSPS) is 11.2. The van der Waals surface area contributed by atoms with Crippen LogP contribution in [0, 0.1) is 11.3 Å². The van der Waals surface area contributed by atoms with Gasteiger partial charge in [0.05, 0.1) is 0 Å². The van der Waals surface area contributed by atoms with Gasteiger partial charge in [-0.2, -0.15) is 9.57 Å². The summed E-state index contributed by atoms with van der Waals surface area (Å²) >= 11 is 0. The number of pyridine rings is 1. The summed E-state index contributed by atoms with van der Waals surface area (Å²) in [5.74, 6) is 0. The summed E-state index contributed by atoms with van der Waals surface area (Å²) in [6.07, 6.45) is 3.61. The molecule has 0 fully saturated rings. The molecule has 0 saturated heterocycles. The third-order valence-electron chi connectivity index (χ3n) is 2.30. The van der Waals surface area contributed by atoms with Crippen molar-refractivity contribution in [2.45, 2.75) is 18.2 Å². The van der Waals surface area contributed by atoms with Crippen LogP contribution < -0.4 is 0 Å². The lowest BCUT2D eigenvalue weighted by Crippen LogP contribution is -2.32. The highest BCUT2D eigenvalue weighted by Crippen LogP contribution is 2.18. The van der Waals surface area contributed by atoms with Crippen LogP contribution in [0.3, 0.4) is 0 Å². The third kappa shape index (κ3) is 2.94. The molecule has 5 nitrogen and oxygen atoms in total. The second kappa shape index (κ2) is 6.28. The average Bonchev–Trinajstić information content (AvgIpc) is 2.38. The zero-order valence-corrected chi connectivity index (χ0v) is 11.0. The number of rotatable bonds is 6. The quantitative estimate of drug-likeness (QED) is 0.731. The van der Waals surface area contributed by atoms with E-state index in [1.807, 2.05) is 6.92 Å². The second-order valence-corrected chi connectivity index (χ2v) is 5.52. The molecule has 1 heterocycles. The van der Waals surface area contributed by atoms with Gasteiger partial charge in [-0.3, -0.25) is 0 Å². The van der Waals surface area contributed by atoms with Crippen molar-refractivity contribution in [3.05, 3.63) is 36.7 Å². The molecule has 0 amide bonds. The SMILES string of the molecule is C=CCN(CCC)S(=O)(=O)c1cccnc1C#N. The molecule has 0 radical (unpaired) electrons. The second-order valence-electron chi connectivity index (χ2n) is 3.61. The van der Waals surface area contributed by atoms with Gasteiger partial charge in [0.2, 0.25) is 10.0 Å². The lowest BCUT2D eigenvalue weighted by atomic mass is 10.4. The standard InChI is InChI=1S/C12H15N3O2S/c1-3-8-15(9-4-2)18(16,17)12-6-5-7-14-11(12)10-13/h3,5-7H,1,4,8-9H2,2H3. The fraction of sp³-hybridized carbons (Fsp3) is 0.333. The number of hydrogen-bond acceptors (Lipinski definition) is 4. The molecule has 1 aromatic heterocycles. The molecular weight excluding hydrogens is 250 g/mol. The van der Waals surface area contributed by atoms with Crippen molar-refractivity contribution in [3.63, 3.8) is 0 Å². The Balaban J connectivity index is 3.27. The maximum atomic E-state index is 12.4. The summed E-state index contributed by atoms with van der Waals surface area (Å²) in [6.45, 7) is 6.04. The van der Waals surface area contributed by atoms with Gasteiger partial charge in [-0.25, -0.2) is 13.4 Å². The Kier molecular flexibility index (Phi) is 5.01. The number of aromatic nitrogens is 1. The molecule has 0 spiro atoms. The van der Waals surface area contributed by atoms with Gasteiger partial charge in [0.15, 0.2) is 5.69 Å². The van der Waals surface area contributed by atoms with E-state index in [9.17, 15) is 8.42 Å². The van der Waals surface area contributed by atoms with Crippen molar-refractivity contribution in [3.8, 4) is 6.07 Å². The van der Waals surface area contributed by atoms with Gasteiger partial charge in [-0.15, -0.1) is 6.58 Å². The van der Waals surface area contributed by atoms with Crippen LogP contribution in [-0.2, 0) is 10.0 Å². The molecule has 0 bridgehead atoms. The molecule has 0 atom stereocenters. The molecule has 1 aromatic rings. The fourth-order valence-corrected chi connectivity index (χ4v) is 3.12. The Morgan fingerprint density at radius 2 is 2.33 bits per heavy atom. The van der Waals surface area contributed by atoms with Gasteiger partial charge in [0, 0.05) is 19.3 Å². The lowest BCUT2D eigenvalue weighted by molar-refractivity contribution is 0.441. The van der Waals surface area contributed by atoms with Crippen LogP contribution in [0.5, 0.6) is 0 Å². The van der Waals surface area contributed by atoms with Crippen LogP contribution in [-0.4, -0.2) is 30.8 Å². The maximum absolute atomic E-state index is 12.4. The van der Waals surface area contributed by atoms with Crippen LogP contribution in [0.25, 0.3) is 0 Å². The highest BCUT2D eigenvalue weighted by Gasteiger charge is 2.26. The molecule has 0 aromatic carbocycles. The van der Waals surface area contributed by atoms with Gasteiger partial charge in [0.1, 0.15) is 11.0 Å². The van der Waals surface area contributed by atoms with Crippen molar-refractivity contribution >= 4 is 10.0 Å². The molecule has 18 heavy (non-hydrogen) atoms. The summed E-state index contributed by atoms with van der Waals surface area (Å²) in [5, 5.41) is 8.91. The monoisotopic (exact) mass is 265 g/mol. The Bertz CT molecular complexity index is 561. The van der Waals surface area contributed by atoms with E-state index in [-0.39, 0.29) is 17.1 Å². The van der Waals surface area contributed by atoms with E-state index in [0.717, 1.165) is 0 Å². The van der Waals surface area contributed by atoms with E-state index in [4.69, 9.17) is 5.26 Å². The van der Waals surface area contributed by atoms with Crippen molar-refractivity contribution in [1.82, 2.24) is 9.29 Å². The average molecular weight is 265 g/mol. The molecule has 96 valence electrons. The molecule has 0 unspecified atom stereocenters. The minimum absolute atomic E-state index is 0.0530. The van der Waals surface area contributed by atoms with Crippen LogP contribution in [0.1, 0.15) is 19.0 Å². The summed E-state index contributed by atoms with van der Waals surface area (Å²) in [7, 11) is -3.69. The molecule has 0 saturated carbocycles. The summed E-state index contributed by atoms with van der Waals surface area (Å²) in [6, 6.07) is 4.70. The largest absolute Gasteiger partial charge is 0.246 e. The zero-order chi connectivity index (χ0) is 13.6. The van der Waals surface area contributed by atoms with Crippen LogP contribution in [0.2, 0.25) is 0 Å². The molecule has 1 rings (SSSR count). The minimum atomic E-state index is -3.69. The minimum Gasteiger partial charge on any atom is -0.244 e. The predicted molar refractivity (Wildman–Crippen MR) is 68.2 cm³/mol. The number of nitrogens with zero attached hydrogens (tertiary/aromatic N) is 3. The molecule has 0 N–H and O–H groups in total. The molecule has 0 aliphatic rings. The molecule has 0 aliphatic heterocycles. The van der Waals surface area contributed by atoms with Crippen LogP contribution in [0.15, 0.2) is 35.9 Å². The first kappa shape index (κ1) is 14.4. The van der Waals surface area contributed by atoms with Crippen molar-refractivity contribution in [2.24, 2.45) is 0 Å². The van der Waals surface area contributed by atoms with Gasteiger partial charge in [0.25, 0.3) is 0 Å². The van der Waals surface area contributed by atoms with Gasteiger partial charge < -0.3 is 0 Å². The molecule has 6 heteroatoms. The number of nitriles is 1. The first-order chi connectivity index (χ1) is 8.57. The Morgan fingerprint density at radius 3 is 2.89 bits per heavy atom. The Morgan fingerprint density at radius 1 is 1.61 bits per heavy atom. The van der Waals surface area contributed by atoms with Gasteiger partial charge >= 0.3 is 0 Å². The smallest absolute Gasteiger partial charge is 0.244 e. The van der Waals surface area contributed by atoms with E-state index in [1.54, 1.807) is 6.07 Å². The van der Waals surface area contributed by atoms with Crippen molar-refractivity contribution < 1.29 is 8.42 Å². The van der Waals surface area contributed by atoms with E-state index < -0.39 is 10.0 Å². The van der Waals surface area contributed by atoms with Crippen molar-refractivity contribution in [2.75, 3.05) is 13.1 Å². The predicted octanol–water partition coefficient (Wildman–Crippen LogP) is 1.54. The van der Waals surface area contributed by atoms with E-state index >= 15 is 0 Å². The third-order valence-corrected chi connectivity index (χ3v) is 4.20. The molecule has 0 aliphatic carbocycles. The van der Waals surface area contributed by atoms with Crippen molar-refractivity contribution in [1.29, 1.82) is 5.26 Å². The first-order valence-electron chi connectivity index (χ1n) is 5.54. The fourth-order valence-electron chi connectivity index (χ4n) is 1.52. The Hall–Kier alpha value is -1.71. The summed E-state index contributed by atoms with van der Waals surface area (Å²) in [4.78, 5) is 3.72. The highest BCUT2D eigenvalue weighted by molar-refractivity contribution is 7.89. The van der Waals surface area contributed by atoms with Crippen LogP contribution >= 0.6 is 0 Å². The topological polar surface area (TPSA) is 74.1 Å². The molecular formula is C12H15N3O2S. The number of hydrogen-bond donors (Lipinski definition) is 0. The van der Waals surface area contributed by atoms with E-state index in [2.05, 4.69) is 11.6 Å². The van der Waals surface area contributed by atoms with Gasteiger partial charge in [-0.05, 0) is 18.6 Å². The zero-order valence-electron chi connectivity index (χ0n) is 10.2. The lowest BCUT2D eigenvalue weighted by Gasteiger charge is -2.20. The maximum Gasteiger partial charge on any atom is 0.246 e. The van der Waals surface area contributed by atoms with E-state index in [0.29, 0.717) is 13.0 Å².